The van der Waals surface area contributed by atoms with Crippen LogP contribution in [0, 0.1) is 17.3 Å². The molecule has 0 aromatic heterocycles. The summed E-state index contributed by atoms with van der Waals surface area (Å²) >= 11 is 0. The van der Waals surface area contributed by atoms with Crippen molar-refractivity contribution < 1.29 is 0 Å². The van der Waals surface area contributed by atoms with Crippen LogP contribution in [0.25, 0.3) is 0 Å². The molecular formula is C11H20. The van der Waals surface area contributed by atoms with Crippen LogP contribution < -0.4 is 0 Å². The Balaban J connectivity index is 2.80. The van der Waals surface area contributed by atoms with Crippen LogP contribution in [0.1, 0.15) is 40.5 Å². The van der Waals surface area contributed by atoms with Crippen molar-refractivity contribution in [2.24, 2.45) is 17.3 Å². The van der Waals surface area contributed by atoms with E-state index in [1.54, 1.807) is 0 Å². The normalized spacial score (nSPS) is 38.1. The van der Waals surface area contributed by atoms with E-state index in [0.717, 1.165) is 11.8 Å². The summed E-state index contributed by atoms with van der Waals surface area (Å²) in [5, 5.41) is 0. The largest absolute Gasteiger partial charge is 0.0880 e. The third-order valence-electron chi connectivity index (χ3n) is 3.55. The van der Waals surface area contributed by atoms with E-state index in [4.69, 9.17) is 0 Å². The number of rotatable bonds is 1. The molecule has 0 amide bonds. The average Bonchev–Trinajstić information content (AvgIpc) is 1.95. The van der Waals surface area contributed by atoms with Crippen LogP contribution in [-0.2, 0) is 0 Å². The molecule has 11 heavy (non-hydrogen) atoms. The summed E-state index contributed by atoms with van der Waals surface area (Å²) in [6.07, 6.45) is 7.42. The molecule has 0 heterocycles. The maximum absolute atomic E-state index is 2.42. The second-order valence-corrected chi connectivity index (χ2v) is 4.40. The van der Waals surface area contributed by atoms with E-state index in [-0.39, 0.29) is 0 Å². The molecule has 0 radical (unpaired) electrons. The molecule has 0 fully saturated rings. The first kappa shape index (κ1) is 8.83. The summed E-state index contributed by atoms with van der Waals surface area (Å²) in [6.45, 7) is 9.42. The number of allylic oxidation sites excluding steroid dienone is 2. The van der Waals surface area contributed by atoms with Gasteiger partial charge in [0.25, 0.3) is 0 Å². The van der Waals surface area contributed by atoms with Gasteiger partial charge in [0, 0.05) is 0 Å². The summed E-state index contributed by atoms with van der Waals surface area (Å²) in [7, 11) is 0. The number of hydrogen-bond donors (Lipinski definition) is 0. The molecule has 64 valence electrons. The Kier molecular flexibility index (Phi) is 2.41. The molecule has 0 spiro atoms. The minimum absolute atomic E-state index is 0.457. The van der Waals surface area contributed by atoms with Crippen molar-refractivity contribution in [3.05, 3.63) is 12.2 Å². The van der Waals surface area contributed by atoms with Gasteiger partial charge in [-0.3, -0.25) is 0 Å². The minimum Gasteiger partial charge on any atom is -0.0880 e. The molecule has 0 saturated carbocycles. The standard InChI is InChI=1S/C11H20/c1-9(2)11(4)8-6-5-7-10(11)3/h6,8-10H,5,7H2,1-4H3. The third kappa shape index (κ3) is 1.50. The molecule has 0 aromatic rings. The van der Waals surface area contributed by atoms with Crippen LogP contribution in [-0.4, -0.2) is 0 Å². The predicted octanol–water partition coefficient (Wildman–Crippen LogP) is 3.63. The van der Waals surface area contributed by atoms with E-state index < -0.39 is 0 Å². The Morgan fingerprint density at radius 2 is 2.09 bits per heavy atom. The van der Waals surface area contributed by atoms with Gasteiger partial charge in [-0.15, -0.1) is 0 Å². The van der Waals surface area contributed by atoms with Crippen LogP contribution in [0.15, 0.2) is 12.2 Å². The van der Waals surface area contributed by atoms with Crippen molar-refractivity contribution in [3.63, 3.8) is 0 Å². The van der Waals surface area contributed by atoms with Gasteiger partial charge in [0.2, 0.25) is 0 Å². The van der Waals surface area contributed by atoms with Crippen LogP contribution in [0.2, 0.25) is 0 Å². The zero-order valence-electron chi connectivity index (χ0n) is 8.22. The molecular weight excluding hydrogens is 132 g/mol. The average molecular weight is 152 g/mol. The quantitative estimate of drug-likeness (QED) is 0.503. The zero-order valence-corrected chi connectivity index (χ0v) is 8.22. The number of hydrogen-bond acceptors (Lipinski definition) is 0. The molecule has 2 unspecified atom stereocenters. The lowest BCUT2D eigenvalue weighted by Gasteiger charge is -2.39. The fourth-order valence-electron chi connectivity index (χ4n) is 1.92. The van der Waals surface area contributed by atoms with Crippen LogP contribution in [0.3, 0.4) is 0 Å². The first-order valence-electron chi connectivity index (χ1n) is 4.75. The topological polar surface area (TPSA) is 0 Å². The van der Waals surface area contributed by atoms with E-state index in [0.29, 0.717) is 5.41 Å². The van der Waals surface area contributed by atoms with Crippen LogP contribution >= 0.6 is 0 Å². The Bertz CT molecular complexity index is 155. The zero-order chi connectivity index (χ0) is 8.48. The highest BCUT2D eigenvalue weighted by atomic mass is 14.4. The predicted molar refractivity (Wildman–Crippen MR) is 50.5 cm³/mol. The molecule has 0 nitrogen and oxygen atoms in total. The van der Waals surface area contributed by atoms with Crippen LogP contribution in [0.4, 0.5) is 0 Å². The van der Waals surface area contributed by atoms with Gasteiger partial charge in [-0.1, -0.05) is 39.8 Å². The van der Waals surface area contributed by atoms with E-state index in [2.05, 4.69) is 39.8 Å². The fourth-order valence-corrected chi connectivity index (χ4v) is 1.92. The van der Waals surface area contributed by atoms with Gasteiger partial charge in [-0.25, -0.2) is 0 Å². The Labute approximate surface area is 70.7 Å². The molecule has 0 aromatic carbocycles. The molecule has 0 N–H and O–H groups in total. The van der Waals surface area contributed by atoms with Gasteiger partial charge in [-0.05, 0) is 30.1 Å². The summed E-state index contributed by atoms with van der Waals surface area (Å²) < 4.78 is 0. The second kappa shape index (κ2) is 3.00. The van der Waals surface area contributed by atoms with Crippen molar-refractivity contribution >= 4 is 0 Å². The maximum Gasteiger partial charge on any atom is -0.00978 e. The maximum atomic E-state index is 2.42. The van der Waals surface area contributed by atoms with E-state index >= 15 is 0 Å². The molecule has 1 aliphatic carbocycles. The Hall–Kier alpha value is -0.260. The summed E-state index contributed by atoms with van der Waals surface area (Å²) in [4.78, 5) is 0. The van der Waals surface area contributed by atoms with Crippen molar-refractivity contribution in [1.82, 2.24) is 0 Å². The molecule has 0 aliphatic heterocycles. The van der Waals surface area contributed by atoms with Gasteiger partial charge in [0.1, 0.15) is 0 Å². The van der Waals surface area contributed by atoms with Gasteiger partial charge in [0.05, 0.1) is 0 Å². The van der Waals surface area contributed by atoms with Gasteiger partial charge in [-0.2, -0.15) is 0 Å². The SMILES string of the molecule is CC(C)C1(C)C=CCCC1C. The first-order chi connectivity index (χ1) is 5.07. The lowest BCUT2D eigenvalue weighted by molar-refractivity contribution is 0.173. The molecule has 0 bridgehead atoms. The summed E-state index contributed by atoms with van der Waals surface area (Å²) in [6, 6.07) is 0. The monoisotopic (exact) mass is 152 g/mol. The van der Waals surface area contributed by atoms with Crippen molar-refractivity contribution in [2.75, 3.05) is 0 Å². The molecule has 1 aliphatic rings. The van der Waals surface area contributed by atoms with E-state index in [1.165, 1.54) is 12.8 Å². The van der Waals surface area contributed by atoms with Crippen LogP contribution in [0.5, 0.6) is 0 Å². The van der Waals surface area contributed by atoms with Crippen molar-refractivity contribution in [1.29, 1.82) is 0 Å². The van der Waals surface area contributed by atoms with Gasteiger partial charge in [0.15, 0.2) is 0 Å². The second-order valence-electron chi connectivity index (χ2n) is 4.40. The summed E-state index contributed by atoms with van der Waals surface area (Å²) in [5.41, 5.74) is 0.457. The van der Waals surface area contributed by atoms with E-state index in [9.17, 15) is 0 Å². The molecule has 0 heteroatoms. The molecule has 1 rings (SSSR count). The highest BCUT2D eigenvalue weighted by Crippen LogP contribution is 2.41. The van der Waals surface area contributed by atoms with Crippen molar-refractivity contribution in [3.8, 4) is 0 Å². The fraction of sp³-hybridized carbons (Fsp3) is 0.818. The minimum atomic E-state index is 0.457. The Morgan fingerprint density at radius 3 is 2.45 bits per heavy atom. The highest BCUT2D eigenvalue weighted by molar-refractivity contribution is 5.05. The van der Waals surface area contributed by atoms with Gasteiger partial charge >= 0.3 is 0 Å². The van der Waals surface area contributed by atoms with Gasteiger partial charge < -0.3 is 0 Å². The first-order valence-corrected chi connectivity index (χ1v) is 4.75. The third-order valence-corrected chi connectivity index (χ3v) is 3.55. The summed E-state index contributed by atoms with van der Waals surface area (Å²) in [5.74, 6) is 1.63. The van der Waals surface area contributed by atoms with Crippen molar-refractivity contribution in [2.45, 2.75) is 40.5 Å². The highest BCUT2D eigenvalue weighted by Gasteiger charge is 2.32. The molecule has 2 atom stereocenters. The Morgan fingerprint density at radius 1 is 1.45 bits per heavy atom. The smallest absolute Gasteiger partial charge is 0.00978 e. The lowest BCUT2D eigenvalue weighted by atomic mass is 9.66. The molecule has 0 saturated heterocycles. The van der Waals surface area contributed by atoms with E-state index in [1.807, 2.05) is 0 Å². The lowest BCUT2D eigenvalue weighted by Crippen LogP contribution is -2.30.